The maximum Gasteiger partial charge on any atom is 0.226 e. The molecule has 1 unspecified atom stereocenters. The van der Waals surface area contributed by atoms with E-state index in [2.05, 4.69) is 24.5 Å². The van der Waals surface area contributed by atoms with Crippen molar-refractivity contribution >= 4 is 29.3 Å². The van der Waals surface area contributed by atoms with E-state index in [1.165, 1.54) is 6.92 Å². The molecule has 11 nitrogen and oxygen atoms in total. The lowest BCUT2D eigenvalue weighted by Gasteiger charge is -2.41. The van der Waals surface area contributed by atoms with Crippen LogP contribution >= 0.6 is 0 Å². The molecule has 1 fully saturated rings. The van der Waals surface area contributed by atoms with Gasteiger partial charge in [0.05, 0.1) is 42.7 Å². The molecule has 1 aliphatic rings. The van der Waals surface area contributed by atoms with Gasteiger partial charge < -0.3 is 29.9 Å². The average Bonchev–Trinajstić information content (AvgIpc) is 3.59. The van der Waals surface area contributed by atoms with E-state index in [1.54, 1.807) is 39.3 Å². The molecule has 1 aromatic rings. The third-order valence-corrected chi connectivity index (χ3v) is 11.2. The highest BCUT2D eigenvalue weighted by atomic mass is 16.5. The molecule has 11 heteroatoms. The van der Waals surface area contributed by atoms with Gasteiger partial charge in [0.15, 0.2) is 11.6 Å². The standard InChI is InChI=1S/C41H68N4O7/c1-13-27(6)38(44(10)41(50)32(25(2)3)23-34(47)37(42-9)26(4)5)35(51-11)24-36(48)45-22-16-19-33(45)39(52-12)28(7)40(49)43-21-20-30-17-14-15-18-31(30)29(8)46/h14-15,17-18,25-28,32-33,35,37-39,42H,13,16,19-24H2,1-12H3,(H,43,49)/t27?,28-,32+,33+,35-,37+,38+,39-/m1/s1. The summed E-state index contributed by atoms with van der Waals surface area (Å²) in [6.07, 6.45) is 1.87. The third-order valence-electron chi connectivity index (χ3n) is 11.2. The minimum atomic E-state index is -0.582. The van der Waals surface area contributed by atoms with Crippen LogP contribution in [0.4, 0.5) is 0 Å². The summed E-state index contributed by atoms with van der Waals surface area (Å²) in [7, 11) is 6.70. The van der Waals surface area contributed by atoms with Gasteiger partial charge in [-0.15, -0.1) is 0 Å². The number of nitrogens with one attached hydrogen (secondary N) is 2. The maximum atomic E-state index is 14.2. The predicted molar refractivity (Wildman–Crippen MR) is 205 cm³/mol. The minimum absolute atomic E-state index is 0.0126. The number of likely N-dealkylation sites (tertiary alicyclic amines) is 1. The number of carbonyl (C=O) groups excluding carboxylic acids is 5. The fourth-order valence-corrected chi connectivity index (χ4v) is 7.95. The van der Waals surface area contributed by atoms with Crippen LogP contribution < -0.4 is 10.6 Å². The van der Waals surface area contributed by atoms with Crippen LogP contribution in [0, 0.1) is 29.6 Å². The Balaban J connectivity index is 2.21. The van der Waals surface area contributed by atoms with E-state index in [-0.39, 0.29) is 72.0 Å². The van der Waals surface area contributed by atoms with Crippen LogP contribution in [-0.2, 0) is 35.1 Å². The van der Waals surface area contributed by atoms with Crippen molar-refractivity contribution in [1.82, 2.24) is 20.4 Å². The molecule has 0 spiro atoms. The van der Waals surface area contributed by atoms with Crippen LogP contribution in [0.1, 0.15) is 103 Å². The number of Topliss-reactive ketones (excluding diaryl/α,β-unsaturated/α-hetero) is 2. The number of likely N-dealkylation sites (N-methyl/N-ethyl adjacent to an activating group) is 2. The fraction of sp³-hybridized carbons (Fsp3) is 0.732. The van der Waals surface area contributed by atoms with Crippen molar-refractivity contribution in [2.75, 3.05) is 41.4 Å². The molecule has 1 heterocycles. The van der Waals surface area contributed by atoms with E-state index in [9.17, 15) is 24.0 Å². The van der Waals surface area contributed by atoms with E-state index in [0.717, 1.165) is 18.4 Å². The second kappa shape index (κ2) is 21.5. The van der Waals surface area contributed by atoms with Crippen molar-refractivity contribution in [1.29, 1.82) is 0 Å². The lowest BCUT2D eigenvalue weighted by atomic mass is 9.84. The first-order chi connectivity index (χ1) is 24.5. The van der Waals surface area contributed by atoms with Gasteiger partial charge >= 0.3 is 0 Å². The van der Waals surface area contributed by atoms with Crippen molar-refractivity contribution in [2.45, 2.75) is 124 Å². The first-order valence-electron chi connectivity index (χ1n) is 19.2. The summed E-state index contributed by atoms with van der Waals surface area (Å²) >= 11 is 0. The number of carbonyl (C=O) groups is 5. The monoisotopic (exact) mass is 729 g/mol. The highest BCUT2D eigenvalue weighted by molar-refractivity contribution is 5.95. The van der Waals surface area contributed by atoms with Crippen molar-refractivity contribution in [3.63, 3.8) is 0 Å². The number of nitrogens with zero attached hydrogens (tertiary/aromatic N) is 2. The Morgan fingerprint density at radius 3 is 2.15 bits per heavy atom. The van der Waals surface area contributed by atoms with Crippen LogP contribution in [0.3, 0.4) is 0 Å². The predicted octanol–water partition coefficient (Wildman–Crippen LogP) is 4.94. The summed E-state index contributed by atoms with van der Waals surface area (Å²) in [6.45, 7) is 16.3. The Kier molecular flexibility index (Phi) is 18.6. The van der Waals surface area contributed by atoms with Crippen LogP contribution in [0.15, 0.2) is 24.3 Å². The maximum absolute atomic E-state index is 14.2. The van der Waals surface area contributed by atoms with Gasteiger partial charge in [-0.1, -0.05) is 79.2 Å². The fourth-order valence-electron chi connectivity index (χ4n) is 7.95. The summed E-state index contributed by atoms with van der Waals surface area (Å²) in [6, 6.07) is 6.38. The van der Waals surface area contributed by atoms with Crippen molar-refractivity contribution in [3.8, 4) is 0 Å². The average molecular weight is 729 g/mol. The largest absolute Gasteiger partial charge is 0.379 e. The van der Waals surface area contributed by atoms with E-state index in [4.69, 9.17) is 9.47 Å². The summed E-state index contributed by atoms with van der Waals surface area (Å²) in [4.78, 5) is 70.5. The number of methoxy groups -OCH3 is 2. The van der Waals surface area contributed by atoms with Crippen LogP contribution in [-0.4, -0.2) is 111 Å². The normalized spacial score (nSPS) is 18.7. The molecular weight excluding hydrogens is 660 g/mol. The second-order valence-corrected chi connectivity index (χ2v) is 15.4. The van der Waals surface area contributed by atoms with E-state index >= 15 is 0 Å². The van der Waals surface area contributed by atoms with Crippen molar-refractivity contribution in [3.05, 3.63) is 35.4 Å². The number of hydrogen-bond donors (Lipinski definition) is 2. The van der Waals surface area contributed by atoms with Crippen LogP contribution in [0.25, 0.3) is 0 Å². The molecule has 52 heavy (non-hydrogen) atoms. The van der Waals surface area contributed by atoms with E-state index < -0.39 is 30.1 Å². The molecule has 1 aliphatic heterocycles. The topological polar surface area (TPSA) is 134 Å². The lowest BCUT2D eigenvalue weighted by molar-refractivity contribution is -0.149. The molecule has 8 atom stereocenters. The molecule has 1 saturated heterocycles. The van der Waals surface area contributed by atoms with Gasteiger partial charge in [0.25, 0.3) is 0 Å². The molecule has 0 radical (unpaired) electrons. The third kappa shape index (κ3) is 11.7. The molecule has 1 aromatic carbocycles. The summed E-state index contributed by atoms with van der Waals surface area (Å²) in [5.41, 5.74) is 1.54. The zero-order valence-corrected chi connectivity index (χ0v) is 34.0. The molecule has 2 N–H and O–H groups in total. The first-order valence-corrected chi connectivity index (χ1v) is 19.2. The summed E-state index contributed by atoms with van der Waals surface area (Å²) in [5, 5.41) is 6.12. The van der Waals surface area contributed by atoms with Gasteiger partial charge in [-0.05, 0) is 56.6 Å². The molecule has 0 saturated carbocycles. The first kappa shape index (κ1) is 45.0. The van der Waals surface area contributed by atoms with Gasteiger partial charge in [0.2, 0.25) is 17.7 Å². The zero-order chi connectivity index (χ0) is 39.3. The Labute approximate surface area is 313 Å². The SMILES string of the molecule is CCC(C)[C@@H]([C@@H](CC(=O)N1CCC[C@H]1[C@H](OC)[C@@H](C)C(=O)NCCc1ccccc1C(C)=O)OC)N(C)C(=O)[C@@H](CC(=O)[C@@H](NC)C(C)C)C(C)C. The van der Waals surface area contributed by atoms with Gasteiger partial charge in [-0.3, -0.25) is 24.0 Å². The highest BCUT2D eigenvalue weighted by Crippen LogP contribution is 2.31. The van der Waals surface area contributed by atoms with Crippen molar-refractivity contribution < 1.29 is 33.4 Å². The molecule has 294 valence electrons. The Bertz CT molecular complexity index is 1330. The number of benzene rings is 1. The summed E-state index contributed by atoms with van der Waals surface area (Å²) < 4.78 is 11.9. The molecule has 3 amide bonds. The molecule has 0 aromatic heterocycles. The summed E-state index contributed by atoms with van der Waals surface area (Å²) in [5.74, 6) is -1.38. The number of rotatable bonds is 22. The molecule has 2 rings (SSSR count). The Morgan fingerprint density at radius 2 is 1.62 bits per heavy atom. The number of amides is 3. The van der Waals surface area contributed by atoms with E-state index in [0.29, 0.717) is 31.5 Å². The van der Waals surface area contributed by atoms with Gasteiger partial charge in [-0.2, -0.15) is 0 Å². The Hall–Kier alpha value is -3.15. The number of hydrogen-bond acceptors (Lipinski definition) is 8. The molecule has 0 bridgehead atoms. The smallest absolute Gasteiger partial charge is 0.226 e. The molecular formula is C41H68N4O7. The quantitative estimate of drug-likeness (QED) is 0.161. The van der Waals surface area contributed by atoms with E-state index in [1.807, 2.05) is 57.7 Å². The number of ketones is 2. The van der Waals surface area contributed by atoms with Gasteiger partial charge in [-0.25, -0.2) is 0 Å². The zero-order valence-electron chi connectivity index (χ0n) is 34.0. The van der Waals surface area contributed by atoms with Crippen molar-refractivity contribution in [2.24, 2.45) is 29.6 Å². The Morgan fingerprint density at radius 1 is 0.962 bits per heavy atom. The minimum Gasteiger partial charge on any atom is -0.379 e. The van der Waals surface area contributed by atoms with Crippen LogP contribution in [0.2, 0.25) is 0 Å². The van der Waals surface area contributed by atoms with Gasteiger partial charge in [0.1, 0.15) is 0 Å². The highest BCUT2D eigenvalue weighted by Gasteiger charge is 2.43. The van der Waals surface area contributed by atoms with Gasteiger partial charge in [0, 0.05) is 52.3 Å². The lowest BCUT2D eigenvalue weighted by Crippen LogP contribution is -2.54. The van der Waals surface area contributed by atoms with Crippen LogP contribution in [0.5, 0.6) is 0 Å². The second-order valence-electron chi connectivity index (χ2n) is 15.4. The number of ether oxygens (including phenoxy) is 2. The molecule has 0 aliphatic carbocycles.